The van der Waals surface area contributed by atoms with Gasteiger partial charge in [0.25, 0.3) is 0 Å². The Kier molecular flexibility index (Phi) is 3.71. The molecular weight excluding hydrogens is 190 g/mol. The highest BCUT2D eigenvalue weighted by molar-refractivity contribution is 6.31. The van der Waals surface area contributed by atoms with Crippen LogP contribution in [-0.4, -0.2) is 16.1 Å². The molecule has 0 aliphatic rings. The predicted molar refractivity (Wildman–Crippen MR) is 49.8 cm³/mol. The molecule has 1 N–H and O–H groups in total. The minimum Gasteiger partial charge on any atom is -0.481 e. The first-order valence-corrected chi connectivity index (χ1v) is 4.38. The van der Waals surface area contributed by atoms with Crippen molar-refractivity contribution >= 4 is 17.6 Å². The number of carboxylic acid groups (broad SMARTS) is 1. The molecule has 0 radical (unpaired) electrons. The number of halogens is 1. The average molecular weight is 200 g/mol. The number of hydrogen-bond donors (Lipinski definition) is 1. The molecule has 0 atom stereocenters. The van der Waals surface area contributed by atoms with Crippen molar-refractivity contribution in [3.8, 4) is 0 Å². The number of hydrogen-bond acceptors (Lipinski definition) is 2. The quantitative estimate of drug-likeness (QED) is 0.809. The van der Waals surface area contributed by atoms with Gasteiger partial charge in [0.05, 0.1) is 5.02 Å². The lowest BCUT2D eigenvalue weighted by molar-refractivity contribution is -0.137. The Bertz CT molecular complexity index is 301. The van der Waals surface area contributed by atoms with Gasteiger partial charge in [0.1, 0.15) is 0 Å². The normalized spacial score (nSPS) is 9.92. The summed E-state index contributed by atoms with van der Waals surface area (Å²) in [5.74, 6) is -0.773. The molecule has 0 aliphatic heterocycles. The Labute approximate surface area is 81.4 Å². The van der Waals surface area contributed by atoms with Gasteiger partial charge in [0, 0.05) is 18.8 Å². The number of carbonyl (C=O) groups is 1. The topological polar surface area (TPSA) is 50.2 Å². The Morgan fingerprint density at radius 2 is 2.38 bits per heavy atom. The molecule has 3 nitrogen and oxygen atoms in total. The number of pyridine rings is 1. The van der Waals surface area contributed by atoms with Crippen LogP contribution in [0.5, 0.6) is 0 Å². The molecule has 0 saturated heterocycles. The molecule has 0 spiro atoms. The Balaban J connectivity index is 2.45. The molecular formula is C9H10ClNO2. The second kappa shape index (κ2) is 4.82. The van der Waals surface area contributed by atoms with Gasteiger partial charge in [-0.25, -0.2) is 0 Å². The van der Waals surface area contributed by atoms with Gasteiger partial charge in [0.15, 0.2) is 0 Å². The van der Waals surface area contributed by atoms with E-state index in [1.165, 1.54) is 0 Å². The van der Waals surface area contributed by atoms with Crippen LogP contribution in [0.2, 0.25) is 5.02 Å². The van der Waals surface area contributed by atoms with Crippen molar-refractivity contribution in [1.29, 1.82) is 0 Å². The highest BCUT2D eigenvalue weighted by atomic mass is 35.5. The summed E-state index contributed by atoms with van der Waals surface area (Å²) in [5.41, 5.74) is 0.956. The first-order valence-electron chi connectivity index (χ1n) is 4.00. The summed E-state index contributed by atoms with van der Waals surface area (Å²) in [6.45, 7) is 0. The average Bonchev–Trinajstić information content (AvgIpc) is 2.08. The third-order valence-electron chi connectivity index (χ3n) is 1.69. The van der Waals surface area contributed by atoms with Crippen LogP contribution in [0, 0.1) is 0 Å². The smallest absolute Gasteiger partial charge is 0.303 e. The van der Waals surface area contributed by atoms with Gasteiger partial charge in [-0.2, -0.15) is 0 Å². The third-order valence-corrected chi connectivity index (χ3v) is 2.03. The summed E-state index contributed by atoms with van der Waals surface area (Å²) in [6.07, 6.45) is 4.70. The van der Waals surface area contributed by atoms with Crippen molar-refractivity contribution < 1.29 is 9.90 Å². The lowest BCUT2D eigenvalue weighted by Crippen LogP contribution is -1.96. The number of carboxylic acids is 1. The van der Waals surface area contributed by atoms with Gasteiger partial charge in [0.2, 0.25) is 0 Å². The van der Waals surface area contributed by atoms with E-state index in [-0.39, 0.29) is 6.42 Å². The molecule has 1 aromatic heterocycles. The van der Waals surface area contributed by atoms with E-state index in [4.69, 9.17) is 16.7 Å². The summed E-state index contributed by atoms with van der Waals surface area (Å²) in [7, 11) is 0. The van der Waals surface area contributed by atoms with Crippen molar-refractivity contribution in [3.63, 3.8) is 0 Å². The lowest BCUT2D eigenvalue weighted by atomic mass is 10.1. The zero-order valence-electron chi connectivity index (χ0n) is 7.03. The largest absolute Gasteiger partial charge is 0.481 e. The van der Waals surface area contributed by atoms with Crippen molar-refractivity contribution in [2.45, 2.75) is 19.3 Å². The van der Waals surface area contributed by atoms with E-state index >= 15 is 0 Å². The molecule has 1 rings (SSSR count). The SMILES string of the molecule is O=C(O)CCCc1ccncc1Cl. The highest BCUT2D eigenvalue weighted by Gasteiger charge is 2.01. The Hall–Kier alpha value is -1.09. The number of rotatable bonds is 4. The molecule has 0 saturated carbocycles. The van der Waals surface area contributed by atoms with Crippen molar-refractivity contribution in [3.05, 3.63) is 29.0 Å². The van der Waals surface area contributed by atoms with Crippen LogP contribution in [0.3, 0.4) is 0 Å². The zero-order chi connectivity index (χ0) is 9.68. The minimum atomic E-state index is -0.773. The molecule has 0 bridgehead atoms. The second-order valence-electron chi connectivity index (χ2n) is 2.71. The number of aryl methyl sites for hydroxylation is 1. The lowest BCUT2D eigenvalue weighted by Gasteiger charge is -2.00. The maximum absolute atomic E-state index is 10.2. The van der Waals surface area contributed by atoms with E-state index in [2.05, 4.69) is 4.98 Å². The first-order chi connectivity index (χ1) is 6.20. The molecule has 1 aromatic rings. The molecule has 0 fully saturated rings. The van der Waals surface area contributed by atoms with E-state index in [1.54, 1.807) is 12.4 Å². The fourth-order valence-electron chi connectivity index (χ4n) is 1.04. The first kappa shape index (κ1) is 9.99. The fraction of sp³-hybridized carbons (Fsp3) is 0.333. The summed E-state index contributed by atoms with van der Waals surface area (Å²) >= 11 is 5.83. The maximum Gasteiger partial charge on any atom is 0.303 e. The Morgan fingerprint density at radius 3 is 3.00 bits per heavy atom. The molecule has 0 amide bonds. The summed E-state index contributed by atoms with van der Waals surface area (Å²) in [4.78, 5) is 14.1. The van der Waals surface area contributed by atoms with E-state index in [1.807, 2.05) is 6.07 Å². The van der Waals surface area contributed by atoms with E-state index in [0.717, 1.165) is 5.56 Å². The second-order valence-corrected chi connectivity index (χ2v) is 3.12. The van der Waals surface area contributed by atoms with Crippen LogP contribution in [0.4, 0.5) is 0 Å². The van der Waals surface area contributed by atoms with Crippen LogP contribution >= 0.6 is 11.6 Å². The van der Waals surface area contributed by atoms with Crippen LogP contribution in [0.15, 0.2) is 18.5 Å². The Morgan fingerprint density at radius 1 is 1.62 bits per heavy atom. The fourth-order valence-corrected chi connectivity index (χ4v) is 1.25. The number of nitrogens with zero attached hydrogens (tertiary/aromatic N) is 1. The van der Waals surface area contributed by atoms with Gasteiger partial charge < -0.3 is 5.11 Å². The zero-order valence-corrected chi connectivity index (χ0v) is 7.79. The number of aliphatic carboxylic acids is 1. The van der Waals surface area contributed by atoms with Gasteiger partial charge in [-0.3, -0.25) is 9.78 Å². The van der Waals surface area contributed by atoms with Crippen LogP contribution in [-0.2, 0) is 11.2 Å². The van der Waals surface area contributed by atoms with Crippen molar-refractivity contribution in [2.24, 2.45) is 0 Å². The summed E-state index contributed by atoms with van der Waals surface area (Å²) in [6, 6.07) is 1.81. The molecule has 1 heterocycles. The molecule has 0 unspecified atom stereocenters. The maximum atomic E-state index is 10.2. The van der Waals surface area contributed by atoms with Crippen LogP contribution in [0.25, 0.3) is 0 Å². The summed E-state index contributed by atoms with van der Waals surface area (Å²) in [5, 5.41) is 9.02. The van der Waals surface area contributed by atoms with Crippen LogP contribution in [0.1, 0.15) is 18.4 Å². The molecule has 0 aromatic carbocycles. The van der Waals surface area contributed by atoms with Gasteiger partial charge in [-0.15, -0.1) is 0 Å². The van der Waals surface area contributed by atoms with Gasteiger partial charge >= 0.3 is 5.97 Å². The van der Waals surface area contributed by atoms with E-state index < -0.39 is 5.97 Å². The van der Waals surface area contributed by atoms with Gasteiger partial charge in [-0.1, -0.05) is 11.6 Å². The van der Waals surface area contributed by atoms with Crippen molar-refractivity contribution in [2.75, 3.05) is 0 Å². The molecule has 13 heavy (non-hydrogen) atoms. The standard InChI is InChI=1S/C9H10ClNO2/c10-8-6-11-5-4-7(8)2-1-3-9(12)13/h4-6H,1-3H2,(H,12,13). The van der Waals surface area contributed by atoms with Crippen LogP contribution < -0.4 is 0 Å². The van der Waals surface area contributed by atoms with Gasteiger partial charge in [-0.05, 0) is 24.5 Å². The minimum absolute atomic E-state index is 0.179. The van der Waals surface area contributed by atoms with E-state index in [0.29, 0.717) is 17.9 Å². The molecule has 4 heteroatoms. The van der Waals surface area contributed by atoms with Crippen molar-refractivity contribution in [1.82, 2.24) is 4.98 Å². The third kappa shape index (κ3) is 3.42. The molecule has 70 valence electrons. The number of aromatic nitrogens is 1. The summed E-state index contributed by atoms with van der Waals surface area (Å²) < 4.78 is 0. The molecule has 0 aliphatic carbocycles. The highest BCUT2D eigenvalue weighted by Crippen LogP contribution is 2.15. The van der Waals surface area contributed by atoms with E-state index in [9.17, 15) is 4.79 Å². The monoisotopic (exact) mass is 199 g/mol. The predicted octanol–water partition coefficient (Wildman–Crippen LogP) is 2.14.